The lowest BCUT2D eigenvalue weighted by atomic mass is 10.1. The van der Waals surface area contributed by atoms with Crippen LogP contribution in [0.4, 0.5) is 9.93 Å². The Morgan fingerprint density at radius 2 is 2.24 bits per heavy atom. The molecule has 1 saturated heterocycles. The number of methoxy groups -OCH3 is 1. The summed E-state index contributed by atoms with van der Waals surface area (Å²) in [6.45, 7) is 0.731. The van der Waals surface area contributed by atoms with Gasteiger partial charge in [0.05, 0.1) is 13.2 Å². The van der Waals surface area contributed by atoms with E-state index in [1.807, 2.05) is 17.0 Å². The van der Waals surface area contributed by atoms with Gasteiger partial charge in [0.2, 0.25) is 5.13 Å². The largest absolute Gasteiger partial charge is 0.472 e. The molecule has 0 aromatic carbocycles. The number of carbonyl (C=O) groups is 1. The van der Waals surface area contributed by atoms with Crippen LogP contribution in [0.2, 0.25) is 0 Å². The van der Waals surface area contributed by atoms with Crippen LogP contribution in [0.1, 0.15) is 24.4 Å². The van der Waals surface area contributed by atoms with Gasteiger partial charge in [-0.2, -0.15) is 0 Å². The lowest BCUT2D eigenvalue weighted by Gasteiger charge is -2.24. The summed E-state index contributed by atoms with van der Waals surface area (Å²) in [5.74, 6) is 0. The van der Waals surface area contributed by atoms with Gasteiger partial charge in [-0.15, -0.1) is 5.10 Å². The third-order valence-electron chi connectivity index (χ3n) is 3.40. The molecule has 2 amide bonds. The van der Waals surface area contributed by atoms with Gasteiger partial charge in [0.15, 0.2) is 0 Å². The van der Waals surface area contributed by atoms with Crippen LogP contribution in [0.3, 0.4) is 0 Å². The topological polar surface area (TPSA) is 80.2 Å². The van der Waals surface area contributed by atoms with Crippen molar-refractivity contribution in [2.75, 3.05) is 19.0 Å². The molecular weight excluding hydrogens is 290 g/mol. The molecule has 8 heteroatoms. The average molecular weight is 305 g/mol. The lowest BCUT2D eigenvalue weighted by molar-refractivity contribution is 0.207. The summed E-state index contributed by atoms with van der Waals surface area (Å²) < 4.78 is 4.97. The molecule has 1 aliphatic rings. The fourth-order valence-electron chi connectivity index (χ4n) is 2.45. The van der Waals surface area contributed by atoms with Crippen molar-refractivity contribution in [1.82, 2.24) is 20.1 Å². The third kappa shape index (κ3) is 2.94. The summed E-state index contributed by atoms with van der Waals surface area (Å²) in [5, 5.41) is 11.3. The van der Waals surface area contributed by atoms with E-state index in [-0.39, 0.29) is 12.1 Å². The number of pyridine rings is 1. The number of aromatic nitrogens is 3. The summed E-state index contributed by atoms with van der Waals surface area (Å²) in [4.78, 5) is 18.2. The van der Waals surface area contributed by atoms with Gasteiger partial charge in [-0.05, 0) is 41.9 Å². The van der Waals surface area contributed by atoms with E-state index < -0.39 is 0 Å². The van der Waals surface area contributed by atoms with Crippen LogP contribution in [-0.2, 0) is 0 Å². The Hall–Kier alpha value is -2.22. The van der Waals surface area contributed by atoms with Crippen LogP contribution in [0.5, 0.6) is 5.19 Å². The number of anilines is 1. The Morgan fingerprint density at radius 3 is 2.95 bits per heavy atom. The van der Waals surface area contributed by atoms with E-state index in [2.05, 4.69) is 20.5 Å². The molecule has 0 spiro atoms. The van der Waals surface area contributed by atoms with Gasteiger partial charge in [0.1, 0.15) is 0 Å². The molecule has 7 nitrogen and oxygen atoms in total. The Balaban J connectivity index is 1.71. The minimum atomic E-state index is -0.159. The fourth-order valence-corrected chi connectivity index (χ4v) is 3.00. The second kappa shape index (κ2) is 6.04. The number of rotatable bonds is 3. The van der Waals surface area contributed by atoms with Gasteiger partial charge in [0, 0.05) is 18.9 Å². The maximum absolute atomic E-state index is 12.4. The summed E-state index contributed by atoms with van der Waals surface area (Å²) >= 11 is 1.20. The Labute approximate surface area is 126 Å². The minimum absolute atomic E-state index is 0.0859. The Bertz CT molecular complexity index is 618. The first kappa shape index (κ1) is 13.7. The van der Waals surface area contributed by atoms with Crippen LogP contribution in [0, 0.1) is 0 Å². The van der Waals surface area contributed by atoms with Crippen LogP contribution < -0.4 is 10.1 Å². The van der Waals surface area contributed by atoms with Gasteiger partial charge in [-0.1, -0.05) is 5.10 Å². The summed E-state index contributed by atoms with van der Waals surface area (Å²) in [6, 6.07) is 3.82. The van der Waals surface area contributed by atoms with Crippen molar-refractivity contribution in [3.05, 3.63) is 30.1 Å². The van der Waals surface area contributed by atoms with Crippen molar-refractivity contribution in [1.29, 1.82) is 0 Å². The molecule has 0 saturated carbocycles. The van der Waals surface area contributed by atoms with Crippen LogP contribution in [0.15, 0.2) is 24.5 Å². The highest BCUT2D eigenvalue weighted by atomic mass is 32.1. The van der Waals surface area contributed by atoms with Gasteiger partial charge < -0.3 is 9.64 Å². The predicted octanol–water partition coefficient (Wildman–Crippen LogP) is 2.31. The predicted molar refractivity (Wildman–Crippen MR) is 78.4 cm³/mol. The van der Waals surface area contributed by atoms with Gasteiger partial charge in [-0.3, -0.25) is 10.3 Å². The van der Waals surface area contributed by atoms with Crippen LogP contribution >= 0.6 is 11.3 Å². The van der Waals surface area contributed by atoms with E-state index in [0.29, 0.717) is 10.3 Å². The number of nitrogens with zero attached hydrogens (tertiary/aromatic N) is 4. The van der Waals surface area contributed by atoms with Gasteiger partial charge >= 0.3 is 6.03 Å². The van der Waals surface area contributed by atoms with E-state index >= 15 is 0 Å². The number of likely N-dealkylation sites (tertiary alicyclic amines) is 1. The van der Waals surface area contributed by atoms with Gasteiger partial charge in [-0.25, -0.2) is 4.79 Å². The second-order valence-electron chi connectivity index (χ2n) is 4.64. The molecule has 1 fully saturated rings. The Morgan fingerprint density at radius 1 is 1.43 bits per heavy atom. The molecule has 3 rings (SSSR count). The number of ether oxygens (including phenoxy) is 1. The molecule has 1 atom stereocenters. The zero-order chi connectivity index (χ0) is 14.7. The summed E-state index contributed by atoms with van der Waals surface area (Å²) in [6.07, 6.45) is 5.44. The molecule has 2 aromatic rings. The van der Waals surface area contributed by atoms with Crippen molar-refractivity contribution in [3.8, 4) is 5.19 Å². The van der Waals surface area contributed by atoms with E-state index in [0.717, 1.165) is 24.9 Å². The zero-order valence-corrected chi connectivity index (χ0v) is 12.3. The molecule has 1 N–H and O–H groups in total. The molecule has 2 aromatic heterocycles. The lowest BCUT2D eigenvalue weighted by Crippen LogP contribution is -2.34. The van der Waals surface area contributed by atoms with Crippen molar-refractivity contribution < 1.29 is 9.53 Å². The molecule has 21 heavy (non-hydrogen) atoms. The molecule has 0 radical (unpaired) electrons. The van der Waals surface area contributed by atoms with Crippen molar-refractivity contribution >= 4 is 22.5 Å². The highest BCUT2D eigenvalue weighted by Crippen LogP contribution is 2.32. The van der Waals surface area contributed by atoms with Crippen LogP contribution in [-0.4, -0.2) is 39.8 Å². The highest BCUT2D eigenvalue weighted by Gasteiger charge is 2.30. The summed E-state index contributed by atoms with van der Waals surface area (Å²) in [5.41, 5.74) is 1.10. The Kier molecular flexibility index (Phi) is 3.96. The van der Waals surface area contributed by atoms with Crippen molar-refractivity contribution in [3.63, 3.8) is 0 Å². The first-order chi connectivity index (χ1) is 10.3. The maximum atomic E-state index is 12.4. The summed E-state index contributed by atoms with van der Waals surface area (Å²) in [7, 11) is 1.52. The number of hydrogen-bond donors (Lipinski definition) is 1. The smallest absolute Gasteiger partial charge is 0.324 e. The van der Waals surface area contributed by atoms with Crippen molar-refractivity contribution in [2.45, 2.75) is 18.9 Å². The molecular formula is C13H15N5O2S. The quantitative estimate of drug-likeness (QED) is 0.941. The molecule has 1 aliphatic heterocycles. The first-order valence-corrected chi connectivity index (χ1v) is 7.44. The standard InChI is InChI=1S/C13H15N5O2S/c1-20-13-17-16-11(21-13)15-12(19)18-8-2-3-10(18)9-4-6-14-7-5-9/h4-7,10H,2-3,8H2,1H3,(H,15,16,19). The maximum Gasteiger partial charge on any atom is 0.324 e. The number of hydrogen-bond acceptors (Lipinski definition) is 6. The SMILES string of the molecule is COc1nnc(NC(=O)N2CCCC2c2ccncc2)s1. The highest BCUT2D eigenvalue weighted by molar-refractivity contribution is 7.17. The second-order valence-corrected chi connectivity index (χ2v) is 5.58. The minimum Gasteiger partial charge on any atom is -0.472 e. The zero-order valence-electron chi connectivity index (χ0n) is 11.5. The molecule has 1 unspecified atom stereocenters. The molecule has 110 valence electrons. The number of nitrogens with one attached hydrogen (secondary N) is 1. The molecule has 3 heterocycles. The average Bonchev–Trinajstić information content (AvgIpc) is 3.17. The van der Waals surface area contributed by atoms with Crippen LogP contribution in [0.25, 0.3) is 0 Å². The van der Waals surface area contributed by atoms with E-state index in [9.17, 15) is 4.79 Å². The number of carbonyl (C=O) groups excluding carboxylic acids is 1. The van der Waals surface area contributed by atoms with E-state index in [1.54, 1.807) is 12.4 Å². The van der Waals surface area contributed by atoms with Crippen molar-refractivity contribution in [2.24, 2.45) is 0 Å². The third-order valence-corrected chi connectivity index (χ3v) is 4.20. The van der Waals surface area contributed by atoms with E-state index in [1.165, 1.54) is 18.4 Å². The van der Waals surface area contributed by atoms with E-state index in [4.69, 9.17) is 4.74 Å². The van der Waals surface area contributed by atoms with Gasteiger partial charge in [0.25, 0.3) is 5.19 Å². The number of urea groups is 1. The monoisotopic (exact) mass is 305 g/mol. The first-order valence-electron chi connectivity index (χ1n) is 6.63. The number of amides is 2. The fraction of sp³-hybridized carbons (Fsp3) is 0.385. The normalized spacial score (nSPS) is 17.8. The molecule has 0 bridgehead atoms. The molecule has 0 aliphatic carbocycles.